The van der Waals surface area contributed by atoms with Crippen LogP contribution in [0.25, 0.3) is 0 Å². The van der Waals surface area contributed by atoms with Gasteiger partial charge in [-0.05, 0) is 37.2 Å². The van der Waals surface area contributed by atoms with Crippen LogP contribution in [0.2, 0.25) is 0 Å². The molecule has 0 unspecified atom stereocenters. The van der Waals surface area contributed by atoms with E-state index in [0.717, 1.165) is 36.9 Å². The zero-order chi connectivity index (χ0) is 19.6. The fourth-order valence-corrected chi connectivity index (χ4v) is 2.88. The van der Waals surface area contributed by atoms with Gasteiger partial charge in [0.15, 0.2) is 5.11 Å². The molecule has 0 bridgehead atoms. The summed E-state index contributed by atoms with van der Waals surface area (Å²) in [5, 5.41) is 8.88. The van der Waals surface area contributed by atoms with Gasteiger partial charge in [0.2, 0.25) is 9.70 Å². The third-order valence-corrected chi connectivity index (χ3v) is 4.68. The topological polar surface area (TPSA) is 53.2 Å². The summed E-state index contributed by atoms with van der Waals surface area (Å²) >= 11 is 23.3. The van der Waals surface area contributed by atoms with Crippen molar-refractivity contribution < 1.29 is 4.79 Å². The highest BCUT2D eigenvalue weighted by Gasteiger charge is 2.34. The van der Waals surface area contributed by atoms with Crippen molar-refractivity contribution in [3.8, 4) is 0 Å². The SMILES string of the molecule is CCCCCCCC(=O)N[C@@H](NC(=S)Nc1ccccc1C)C(Cl)(Cl)Cl. The maximum Gasteiger partial charge on any atom is 0.228 e. The monoisotopic (exact) mass is 437 g/mol. The molecule has 4 nitrogen and oxygen atoms in total. The molecule has 26 heavy (non-hydrogen) atoms. The normalized spacial score (nSPS) is 12.3. The molecule has 1 aromatic rings. The summed E-state index contributed by atoms with van der Waals surface area (Å²) in [6, 6.07) is 7.67. The van der Waals surface area contributed by atoms with Crippen molar-refractivity contribution in [1.82, 2.24) is 10.6 Å². The minimum absolute atomic E-state index is 0.177. The second-order valence-corrected chi connectivity index (χ2v) is 8.90. The predicted molar refractivity (Wildman–Crippen MR) is 116 cm³/mol. The summed E-state index contributed by atoms with van der Waals surface area (Å²) in [6.45, 7) is 4.11. The average Bonchev–Trinajstić information content (AvgIpc) is 2.55. The molecular formula is C18H26Cl3N3OS. The maximum atomic E-state index is 12.1. The second kappa shape index (κ2) is 11.9. The molecule has 1 aromatic carbocycles. The second-order valence-electron chi connectivity index (χ2n) is 6.12. The van der Waals surface area contributed by atoms with E-state index in [1.54, 1.807) is 0 Å². The number of benzene rings is 1. The average molecular weight is 439 g/mol. The Morgan fingerprint density at radius 3 is 2.38 bits per heavy atom. The molecule has 3 N–H and O–H groups in total. The highest BCUT2D eigenvalue weighted by Crippen LogP contribution is 2.29. The van der Waals surface area contributed by atoms with E-state index in [1.165, 1.54) is 6.42 Å². The smallest absolute Gasteiger partial charge is 0.228 e. The molecule has 1 rings (SSSR count). The quantitative estimate of drug-likeness (QED) is 0.207. The molecule has 8 heteroatoms. The number of halogens is 3. The van der Waals surface area contributed by atoms with E-state index < -0.39 is 9.96 Å². The van der Waals surface area contributed by atoms with Crippen molar-refractivity contribution in [3.63, 3.8) is 0 Å². The van der Waals surface area contributed by atoms with Gasteiger partial charge in [-0.25, -0.2) is 0 Å². The third kappa shape index (κ3) is 9.26. The minimum atomic E-state index is -1.74. The van der Waals surface area contributed by atoms with E-state index in [9.17, 15) is 4.79 Å². The van der Waals surface area contributed by atoms with E-state index >= 15 is 0 Å². The van der Waals surface area contributed by atoms with Gasteiger partial charge in [0, 0.05) is 12.1 Å². The Morgan fingerprint density at radius 1 is 1.12 bits per heavy atom. The Bertz CT molecular complexity index is 593. The van der Waals surface area contributed by atoms with E-state index in [2.05, 4.69) is 22.9 Å². The number of carbonyl (C=O) groups is 1. The van der Waals surface area contributed by atoms with Crippen molar-refractivity contribution in [2.75, 3.05) is 5.32 Å². The summed E-state index contributed by atoms with van der Waals surface area (Å²) in [5.74, 6) is -0.177. The van der Waals surface area contributed by atoms with Gasteiger partial charge in [0.25, 0.3) is 0 Å². The van der Waals surface area contributed by atoms with Crippen LogP contribution >= 0.6 is 47.0 Å². The molecule has 146 valence electrons. The Kier molecular flexibility index (Phi) is 10.6. The fourth-order valence-electron chi connectivity index (χ4n) is 2.32. The number of amides is 1. The Morgan fingerprint density at radius 2 is 1.77 bits per heavy atom. The molecular weight excluding hydrogens is 413 g/mol. The molecule has 0 aliphatic heterocycles. The van der Waals surface area contributed by atoms with Crippen LogP contribution in [0.1, 0.15) is 51.0 Å². The van der Waals surface area contributed by atoms with Crippen LogP contribution < -0.4 is 16.0 Å². The number of hydrogen-bond donors (Lipinski definition) is 3. The summed E-state index contributed by atoms with van der Waals surface area (Å²) in [7, 11) is 0. The molecule has 0 saturated heterocycles. The first kappa shape index (κ1) is 23.3. The van der Waals surface area contributed by atoms with E-state index in [0.29, 0.717) is 6.42 Å². The van der Waals surface area contributed by atoms with E-state index in [1.807, 2.05) is 31.2 Å². The molecule has 0 fully saturated rings. The van der Waals surface area contributed by atoms with E-state index in [4.69, 9.17) is 47.0 Å². The highest BCUT2D eigenvalue weighted by atomic mass is 35.6. The predicted octanol–water partition coefficient (Wildman–Crippen LogP) is 5.45. The zero-order valence-electron chi connectivity index (χ0n) is 15.1. The molecule has 0 aliphatic carbocycles. The molecule has 0 aliphatic rings. The van der Waals surface area contributed by atoms with Crippen LogP contribution in [0.4, 0.5) is 5.69 Å². The lowest BCUT2D eigenvalue weighted by Crippen LogP contribution is -2.56. The maximum absolute atomic E-state index is 12.1. The number of rotatable bonds is 9. The number of alkyl halides is 3. The van der Waals surface area contributed by atoms with Crippen LogP contribution in [0.15, 0.2) is 24.3 Å². The summed E-state index contributed by atoms with van der Waals surface area (Å²) < 4.78 is -1.74. The number of carbonyl (C=O) groups excluding carboxylic acids is 1. The number of nitrogens with one attached hydrogen (secondary N) is 3. The van der Waals surface area contributed by atoms with Crippen LogP contribution in [0.5, 0.6) is 0 Å². The molecule has 0 aromatic heterocycles. The van der Waals surface area contributed by atoms with Crippen molar-refractivity contribution in [2.24, 2.45) is 0 Å². The van der Waals surface area contributed by atoms with Crippen molar-refractivity contribution >= 4 is 63.7 Å². The first-order chi connectivity index (χ1) is 12.2. The van der Waals surface area contributed by atoms with Crippen molar-refractivity contribution in [1.29, 1.82) is 0 Å². The van der Waals surface area contributed by atoms with Gasteiger partial charge in [0.05, 0.1) is 0 Å². The van der Waals surface area contributed by atoms with Crippen LogP contribution in [-0.4, -0.2) is 21.0 Å². The van der Waals surface area contributed by atoms with Crippen LogP contribution in [-0.2, 0) is 4.79 Å². The summed E-state index contributed by atoms with van der Waals surface area (Å²) in [4.78, 5) is 12.1. The lowest BCUT2D eigenvalue weighted by atomic mass is 10.1. The Balaban J connectivity index is 2.54. The lowest BCUT2D eigenvalue weighted by Gasteiger charge is -2.28. The Labute approximate surface area is 176 Å². The van der Waals surface area contributed by atoms with Gasteiger partial charge in [0.1, 0.15) is 6.17 Å². The van der Waals surface area contributed by atoms with Crippen molar-refractivity contribution in [3.05, 3.63) is 29.8 Å². The van der Waals surface area contributed by atoms with Crippen molar-refractivity contribution in [2.45, 2.75) is 62.3 Å². The number of anilines is 1. The molecule has 1 amide bonds. The Hall–Kier alpha value is -0.750. The largest absolute Gasteiger partial charge is 0.339 e. The van der Waals surface area contributed by atoms with Gasteiger partial charge in [-0.2, -0.15) is 0 Å². The summed E-state index contributed by atoms with van der Waals surface area (Å²) in [6.07, 6.45) is 4.75. The fraction of sp³-hybridized carbons (Fsp3) is 0.556. The first-order valence-electron chi connectivity index (χ1n) is 8.73. The lowest BCUT2D eigenvalue weighted by molar-refractivity contribution is -0.122. The van der Waals surface area contributed by atoms with Gasteiger partial charge in [-0.3, -0.25) is 4.79 Å². The molecule has 0 spiro atoms. The number of unbranched alkanes of at least 4 members (excludes halogenated alkanes) is 4. The molecule has 0 radical (unpaired) electrons. The first-order valence-corrected chi connectivity index (χ1v) is 10.3. The zero-order valence-corrected chi connectivity index (χ0v) is 18.2. The minimum Gasteiger partial charge on any atom is -0.339 e. The summed E-state index contributed by atoms with van der Waals surface area (Å²) in [5.41, 5.74) is 1.87. The van der Waals surface area contributed by atoms with Crippen LogP contribution in [0.3, 0.4) is 0 Å². The number of para-hydroxylation sites is 1. The molecule has 0 heterocycles. The number of aryl methyl sites for hydroxylation is 1. The molecule has 1 atom stereocenters. The van der Waals surface area contributed by atoms with E-state index in [-0.39, 0.29) is 11.0 Å². The van der Waals surface area contributed by atoms with Gasteiger partial charge < -0.3 is 16.0 Å². The standard InChI is InChI=1S/C18H26Cl3N3OS/c1-3-4-5-6-7-12-15(25)23-16(18(19,20)21)24-17(26)22-14-11-9-8-10-13(14)2/h8-11,16H,3-7,12H2,1-2H3,(H,23,25)(H2,22,24,26)/t16-/m0/s1. The number of hydrogen-bond acceptors (Lipinski definition) is 2. The number of thiocarbonyl (C=S) groups is 1. The molecule has 0 saturated carbocycles. The van der Waals surface area contributed by atoms with Gasteiger partial charge in [-0.15, -0.1) is 0 Å². The van der Waals surface area contributed by atoms with Gasteiger partial charge >= 0.3 is 0 Å². The van der Waals surface area contributed by atoms with Gasteiger partial charge in [-0.1, -0.05) is 85.6 Å². The van der Waals surface area contributed by atoms with Crippen LogP contribution in [0, 0.1) is 6.92 Å². The third-order valence-electron chi connectivity index (χ3n) is 3.81. The highest BCUT2D eigenvalue weighted by molar-refractivity contribution is 7.80.